The molecule has 144 valence electrons. The first-order valence-electron chi connectivity index (χ1n) is 8.32. The number of methoxy groups -OCH3 is 1. The molecule has 0 amide bonds. The normalized spacial score (nSPS) is 11.0. The second-order valence-corrected chi connectivity index (χ2v) is 6.73. The average Bonchev–Trinajstić information content (AvgIpc) is 3.06. The predicted octanol–water partition coefficient (Wildman–Crippen LogP) is 5.41. The van der Waals surface area contributed by atoms with Crippen molar-refractivity contribution in [3.8, 4) is 11.5 Å². The van der Waals surface area contributed by atoms with Gasteiger partial charge in [-0.05, 0) is 52.2 Å². The largest absolute Gasteiger partial charge is 0.493 e. The van der Waals surface area contributed by atoms with Crippen LogP contribution in [0.4, 0.5) is 5.69 Å². The summed E-state index contributed by atoms with van der Waals surface area (Å²) in [7, 11) is 1.55. The van der Waals surface area contributed by atoms with Crippen LogP contribution in [-0.4, -0.2) is 17.2 Å². The van der Waals surface area contributed by atoms with E-state index < -0.39 is 4.92 Å². The maximum Gasteiger partial charge on any atom is 0.338 e. The summed E-state index contributed by atoms with van der Waals surface area (Å²) in [6.45, 7) is 1.92. The van der Waals surface area contributed by atoms with E-state index in [0.717, 1.165) is 11.1 Å². The maximum atomic E-state index is 11.1. The zero-order valence-electron chi connectivity index (χ0n) is 15.2. The van der Waals surface area contributed by atoms with E-state index in [4.69, 9.17) is 14.0 Å². The van der Waals surface area contributed by atoms with Crippen LogP contribution in [-0.2, 0) is 6.61 Å². The Morgan fingerprint density at radius 2 is 2.00 bits per heavy atom. The Kier molecular flexibility index (Phi) is 6.10. The molecule has 8 heteroatoms. The van der Waals surface area contributed by atoms with E-state index in [1.807, 2.05) is 36.4 Å². The molecule has 0 N–H and O–H groups in total. The van der Waals surface area contributed by atoms with Crippen molar-refractivity contribution in [1.29, 1.82) is 0 Å². The standard InChI is InChI=1S/C20H17BrN2O5/c1-13-19(23(24)25)17(28-22-13)9-8-15-10-16(21)20(18(11-15)26-2)27-12-14-6-4-3-5-7-14/h3-11H,12H2,1-2H3. The summed E-state index contributed by atoms with van der Waals surface area (Å²) in [5, 5.41) is 14.8. The molecule has 3 aromatic rings. The molecule has 3 rings (SSSR count). The molecule has 0 fully saturated rings. The van der Waals surface area contributed by atoms with Crippen LogP contribution in [0.3, 0.4) is 0 Å². The summed E-state index contributed by atoms with van der Waals surface area (Å²) in [5.41, 5.74) is 1.87. The summed E-state index contributed by atoms with van der Waals surface area (Å²) in [6, 6.07) is 13.4. The van der Waals surface area contributed by atoms with E-state index in [2.05, 4.69) is 21.1 Å². The highest BCUT2D eigenvalue weighted by Gasteiger charge is 2.22. The average molecular weight is 445 g/mol. The van der Waals surface area contributed by atoms with Gasteiger partial charge >= 0.3 is 5.69 Å². The first-order valence-corrected chi connectivity index (χ1v) is 9.12. The smallest absolute Gasteiger partial charge is 0.338 e. The van der Waals surface area contributed by atoms with Gasteiger partial charge in [0.05, 0.1) is 16.5 Å². The van der Waals surface area contributed by atoms with Crippen molar-refractivity contribution in [3.05, 3.63) is 79.6 Å². The second kappa shape index (κ2) is 8.71. The maximum absolute atomic E-state index is 11.1. The van der Waals surface area contributed by atoms with Crippen molar-refractivity contribution in [3.63, 3.8) is 0 Å². The van der Waals surface area contributed by atoms with Gasteiger partial charge < -0.3 is 14.0 Å². The summed E-state index contributed by atoms with van der Waals surface area (Å²) in [6.07, 6.45) is 3.19. The van der Waals surface area contributed by atoms with Gasteiger partial charge in [-0.15, -0.1) is 0 Å². The number of halogens is 1. The molecule has 7 nitrogen and oxygen atoms in total. The lowest BCUT2D eigenvalue weighted by molar-refractivity contribution is -0.386. The number of hydrogen-bond acceptors (Lipinski definition) is 6. The Morgan fingerprint density at radius 1 is 1.25 bits per heavy atom. The van der Waals surface area contributed by atoms with Gasteiger partial charge in [-0.2, -0.15) is 0 Å². The first-order chi connectivity index (χ1) is 13.5. The first kappa shape index (κ1) is 19.6. The summed E-state index contributed by atoms with van der Waals surface area (Å²) in [5.74, 6) is 1.19. The van der Waals surface area contributed by atoms with E-state index in [1.165, 1.54) is 13.0 Å². The van der Waals surface area contributed by atoms with Gasteiger partial charge in [0.1, 0.15) is 6.61 Å². The number of hydrogen-bond donors (Lipinski definition) is 0. The van der Waals surface area contributed by atoms with E-state index in [-0.39, 0.29) is 17.1 Å². The van der Waals surface area contributed by atoms with Crippen molar-refractivity contribution in [1.82, 2.24) is 5.16 Å². The fraction of sp³-hybridized carbons (Fsp3) is 0.150. The molecule has 0 aliphatic heterocycles. The molecule has 0 aliphatic rings. The Labute approximate surface area is 169 Å². The summed E-state index contributed by atoms with van der Waals surface area (Å²) in [4.78, 5) is 10.6. The SMILES string of the molecule is COc1cc(C=Cc2onc(C)c2[N+](=O)[O-])cc(Br)c1OCc1ccccc1. The molecule has 1 heterocycles. The lowest BCUT2D eigenvalue weighted by atomic mass is 10.1. The summed E-state index contributed by atoms with van der Waals surface area (Å²) >= 11 is 3.50. The molecule has 2 aromatic carbocycles. The van der Waals surface area contributed by atoms with Crippen molar-refractivity contribution in [2.45, 2.75) is 13.5 Å². The minimum absolute atomic E-state index is 0.0852. The van der Waals surface area contributed by atoms with Crippen LogP contribution in [0.1, 0.15) is 22.6 Å². The van der Waals surface area contributed by atoms with Gasteiger partial charge in [0.2, 0.25) is 5.76 Å². The molecule has 0 saturated carbocycles. The number of nitrogens with zero attached hydrogens (tertiary/aromatic N) is 2. The predicted molar refractivity (Wildman–Crippen MR) is 108 cm³/mol. The third-order valence-electron chi connectivity index (χ3n) is 3.94. The van der Waals surface area contributed by atoms with E-state index >= 15 is 0 Å². The number of rotatable bonds is 7. The quantitative estimate of drug-likeness (QED) is 0.357. The molecule has 0 aliphatic carbocycles. The number of ether oxygens (including phenoxy) is 2. The van der Waals surface area contributed by atoms with Crippen molar-refractivity contribution in [2.75, 3.05) is 7.11 Å². The number of aryl methyl sites for hydroxylation is 1. The molecule has 0 atom stereocenters. The Bertz CT molecular complexity index is 1010. The molecule has 1 aromatic heterocycles. The lowest BCUT2D eigenvalue weighted by Gasteiger charge is -2.13. The molecular weight excluding hydrogens is 428 g/mol. The fourth-order valence-corrected chi connectivity index (χ4v) is 3.17. The lowest BCUT2D eigenvalue weighted by Crippen LogP contribution is -1.99. The summed E-state index contributed by atoms with van der Waals surface area (Å²) < 4.78 is 17.1. The zero-order valence-corrected chi connectivity index (χ0v) is 16.8. The Hall–Kier alpha value is -3.13. The Morgan fingerprint density at radius 3 is 2.68 bits per heavy atom. The van der Waals surface area contributed by atoms with Gasteiger partial charge in [0, 0.05) is 0 Å². The van der Waals surface area contributed by atoms with Crippen LogP contribution in [0.2, 0.25) is 0 Å². The molecule has 0 bridgehead atoms. The van der Waals surface area contributed by atoms with Crippen molar-refractivity contribution >= 4 is 33.8 Å². The molecule has 28 heavy (non-hydrogen) atoms. The van der Waals surface area contributed by atoms with Gasteiger partial charge in [0.25, 0.3) is 0 Å². The third-order valence-corrected chi connectivity index (χ3v) is 4.53. The van der Waals surface area contributed by atoms with Crippen LogP contribution in [0.5, 0.6) is 11.5 Å². The topological polar surface area (TPSA) is 87.6 Å². The fourth-order valence-electron chi connectivity index (χ4n) is 2.59. The van der Waals surface area contributed by atoms with Crippen molar-refractivity contribution < 1.29 is 18.9 Å². The molecule has 0 spiro atoms. The number of nitro groups is 1. The molecule has 0 radical (unpaired) electrons. The molecule has 0 saturated heterocycles. The van der Waals surface area contributed by atoms with E-state index in [0.29, 0.717) is 22.6 Å². The van der Waals surface area contributed by atoms with Crippen LogP contribution >= 0.6 is 15.9 Å². The van der Waals surface area contributed by atoms with E-state index in [9.17, 15) is 10.1 Å². The molecular formula is C20H17BrN2O5. The van der Waals surface area contributed by atoms with Gasteiger partial charge in [0.15, 0.2) is 17.2 Å². The van der Waals surface area contributed by atoms with Crippen LogP contribution < -0.4 is 9.47 Å². The highest BCUT2D eigenvalue weighted by Crippen LogP contribution is 2.38. The Balaban J connectivity index is 1.84. The minimum Gasteiger partial charge on any atom is -0.493 e. The molecule has 0 unspecified atom stereocenters. The number of benzene rings is 2. The van der Waals surface area contributed by atoms with Crippen LogP contribution in [0.25, 0.3) is 12.2 Å². The third kappa shape index (κ3) is 4.40. The van der Waals surface area contributed by atoms with Crippen molar-refractivity contribution in [2.24, 2.45) is 0 Å². The van der Waals surface area contributed by atoms with Crippen LogP contribution in [0.15, 0.2) is 51.5 Å². The van der Waals surface area contributed by atoms with E-state index in [1.54, 1.807) is 19.3 Å². The monoisotopic (exact) mass is 444 g/mol. The highest BCUT2D eigenvalue weighted by atomic mass is 79.9. The zero-order chi connectivity index (χ0) is 20.1. The second-order valence-electron chi connectivity index (χ2n) is 5.88. The van der Waals surface area contributed by atoms with Crippen LogP contribution in [0, 0.1) is 17.0 Å². The van der Waals surface area contributed by atoms with Gasteiger partial charge in [-0.1, -0.05) is 41.6 Å². The van der Waals surface area contributed by atoms with Gasteiger partial charge in [-0.3, -0.25) is 10.1 Å². The number of aromatic nitrogens is 1. The highest BCUT2D eigenvalue weighted by molar-refractivity contribution is 9.10. The minimum atomic E-state index is -0.511. The van der Waals surface area contributed by atoms with Gasteiger partial charge in [-0.25, -0.2) is 0 Å².